The molecule has 1 aromatic heterocycles. The Balaban J connectivity index is 2.61. The average molecular weight is 224 g/mol. The normalized spacial score (nSPS) is 10.7. The number of nitrogens with two attached hydrogens (primary N) is 1. The minimum absolute atomic E-state index is 0.717. The molecule has 3 heteroatoms. The predicted octanol–water partition coefficient (Wildman–Crippen LogP) is 3.51. The molecule has 0 aliphatic rings. The Bertz CT molecular complexity index is 735. The van der Waals surface area contributed by atoms with Crippen molar-refractivity contribution in [3.8, 4) is 6.07 Å². The van der Waals surface area contributed by atoms with E-state index in [0.717, 1.165) is 21.2 Å². The fourth-order valence-corrected chi connectivity index (χ4v) is 3.05. The van der Waals surface area contributed by atoms with Crippen LogP contribution in [-0.4, -0.2) is 0 Å². The lowest BCUT2D eigenvalue weighted by molar-refractivity contribution is 1.51. The molecule has 0 amide bonds. The third-order valence-corrected chi connectivity index (χ3v) is 3.78. The standard InChI is InChI=1S/C13H8N2S/c14-7-8-2-1-3-12-13(8)10-6-9(15)4-5-11(10)16-12/h1-6H,15H2. The Morgan fingerprint density at radius 2 is 2.00 bits per heavy atom. The zero-order valence-corrected chi connectivity index (χ0v) is 9.21. The highest BCUT2D eigenvalue weighted by Crippen LogP contribution is 2.36. The summed E-state index contributed by atoms with van der Waals surface area (Å²) in [6.45, 7) is 0. The summed E-state index contributed by atoms with van der Waals surface area (Å²) in [5.74, 6) is 0. The number of hydrogen-bond acceptors (Lipinski definition) is 3. The number of rotatable bonds is 0. The van der Waals surface area contributed by atoms with Crippen LogP contribution >= 0.6 is 11.3 Å². The molecule has 0 saturated carbocycles. The van der Waals surface area contributed by atoms with Gasteiger partial charge in [0.05, 0.1) is 11.6 Å². The van der Waals surface area contributed by atoms with E-state index < -0.39 is 0 Å². The zero-order chi connectivity index (χ0) is 11.1. The Labute approximate surface area is 96.5 Å². The maximum atomic E-state index is 9.11. The number of nitriles is 1. The summed E-state index contributed by atoms with van der Waals surface area (Å²) in [6, 6.07) is 13.9. The largest absolute Gasteiger partial charge is 0.399 e. The SMILES string of the molecule is N#Cc1cccc2sc3ccc(N)cc3c12. The molecule has 1 heterocycles. The zero-order valence-electron chi connectivity index (χ0n) is 8.40. The molecule has 76 valence electrons. The van der Waals surface area contributed by atoms with Crippen LogP contribution < -0.4 is 5.73 Å². The van der Waals surface area contributed by atoms with Gasteiger partial charge in [0, 0.05) is 25.9 Å². The third-order valence-electron chi connectivity index (χ3n) is 2.64. The molecule has 2 nitrogen and oxygen atoms in total. The van der Waals surface area contributed by atoms with Crippen molar-refractivity contribution in [2.45, 2.75) is 0 Å². The number of thiophene rings is 1. The van der Waals surface area contributed by atoms with Crippen molar-refractivity contribution >= 4 is 37.2 Å². The Morgan fingerprint density at radius 1 is 1.12 bits per heavy atom. The Morgan fingerprint density at radius 3 is 2.81 bits per heavy atom. The van der Waals surface area contributed by atoms with E-state index in [9.17, 15) is 0 Å². The van der Waals surface area contributed by atoms with Crippen LogP contribution in [0.5, 0.6) is 0 Å². The lowest BCUT2D eigenvalue weighted by atomic mass is 10.1. The molecule has 16 heavy (non-hydrogen) atoms. The van der Waals surface area contributed by atoms with Gasteiger partial charge in [-0.3, -0.25) is 0 Å². The van der Waals surface area contributed by atoms with Crippen molar-refractivity contribution in [3.63, 3.8) is 0 Å². The first-order valence-corrected chi connectivity index (χ1v) is 5.72. The van der Waals surface area contributed by atoms with Crippen LogP contribution in [0.3, 0.4) is 0 Å². The first kappa shape index (κ1) is 9.20. The number of nitrogen functional groups attached to an aromatic ring is 1. The molecule has 0 aliphatic carbocycles. The number of anilines is 1. The first-order valence-electron chi connectivity index (χ1n) is 4.90. The highest BCUT2D eigenvalue weighted by atomic mass is 32.1. The summed E-state index contributed by atoms with van der Waals surface area (Å²) >= 11 is 1.69. The fourth-order valence-electron chi connectivity index (χ4n) is 1.94. The van der Waals surface area contributed by atoms with Crippen molar-refractivity contribution in [3.05, 3.63) is 42.0 Å². The van der Waals surface area contributed by atoms with E-state index >= 15 is 0 Å². The predicted molar refractivity (Wildman–Crippen MR) is 68.5 cm³/mol. The van der Waals surface area contributed by atoms with Gasteiger partial charge in [-0.2, -0.15) is 5.26 Å². The minimum atomic E-state index is 0.717. The highest BCUT2D eigenvalue weighted by Gasteiger charge is 2.08. The summed E-state index contributed by atoms with van der Waals surface area (Å²) < 4.78 is 2.31. The fraction of sp³-hybridized carbons (Fsp3) is 0. The molecule has 0 spiro atoms. The molecule has 0 saturated heterocycles. The lowest BCUT2D eigenvalue weighted by Gasteiger charge is -1.95. The van der Waals surface area contributed by atoms with Gasteiger partial charge in [0.1, 0.15) is 0 Å². The van der Waals surface area contributed by atoms with Crippen LogP contribution in [0, 0.1) is 11.3 Å². The Kier molecular flexibility index (Phi) is 1.85. The van der Waals surface area contributed by atoms with Gasteiger partial charge in [-0.25, -0.2) is 0 Å². The minimum Gasteiger partial charge on any atom is -0.399 e. The summed E-state index contributed by atoms with van der Waals surface area (Å²) in [5, 5.41) is 11.2. The van der Waals surface area contributed by atoms with Crippen molar-refractivity contribution in [1.82, 2.24) is 0 Å². The second-order valence-corrected chi connectivity index (χ2v) is 4.73. The smallest absolute Gasteiger partial charge is 0.0998 e. The van der Waals surface area contributed by atoms with E-state index in [1.54, 1.807) is 11.3 Å². The molecule has 3 aromatic rings. The van der Waals surface area contributed by atoms with Crippen molar-refractivity contribution in [2.75, 3.05) is 5.73 Å². The molecule has 0 radical (unpaired) electrons. The maximum Gasteiger partial charge on any atom is 0.0998 e. The number of benzene rings is 2. The number of nitrogens with zero attached hydrogens (tertiary/aromatic N) is 1. The summed E-state index contributed by atoms with van der Waals surface area (Å²) in [5.41, 5.74) is 7.24. The summed E-state index contributed by atoms with van der Waals surface area (Å²) in [7, 11) is 0. The van der Waals surface area contributed by atoms with Crippen LogP contribution in [-0.2, 0) is 0 Å². The molecule has 2 N–H and O–H groups in total. The van der Waals surface area contributed by atoms with Crippen LogP contribution in [0.1, 0.15) is 5.56 Å². The average Bonchev–Trinajstić information content (AvgIpc) is 2.66. The van der Waals surface area contributed by atoms with E-state index in [0.29, 0.717) is 5.56 Å². The molecular formula is C13H8N2S. The van der Waals surface area contributed by atoms with E-state index in [4.69, 9.17) is 11.0 Å². The number of hydrogen-bond donors (Lipinski definition) is 1. The first-order chi connectivity index (χ1) is 7.79. The molecule has 3 rings (SSSR count). The van der Waals surface area contributed by atoms with Gasteiger partial charge in [-0.15, -0.1) is 11.3 Å². The Hall–Kier alpha value is -2.05. The van der Waals surface area contributed by atoms with Crippen molar-refractivity contribution < 1.29 is 0 Å². The molecule has 0 aliphatic heterocycles. The van der Waals surface area contributed by atoms with Crippen LogP contribution in [0.4, 0.5) is 5.69 Å². The van der Waals surface area contributed by atoms with Crippen LogP contribution in [0.15, 0.2) is 36.4 Å². The van der Waals surface area contributed by atoms with Crippen molar-refractivity contribution in [2.24, 2.45) is 0 Å². The molecule has 0 atom stereocenters. The van der Waals surface area contributed by atoms with Gasteiger partial charge >= 0.3 is 0 Å². The van der Waals surface area contributed by atoms with E-state index in [-0.39, 0.29) is 0 Å². The topological polar surface area (TPSA) is 49.8 Å². The summed E-state index contributed by atoms with van der Waals surface area (Å²) in [6.07, 6.45) is 0. The van der Waals surface area contributed by atoms with Gasteiger partial charge in [0.2, 0.25) is 0 Å². The molecular weight excluding hydrogens is 216 g/mol. The third kappa shape index (κ3) is 1.17. The van der Waals surface area contributed by atoms with Crippen LogP contribution in [0.25, 0.3) is 20.2 Å². The van der Waals surface area contributed by atoms with Gasteiger partial charge in [-0.05, 0) is 30.3 Å². The summed E-state index contributed by atoms with van der Waals surface area (Å²) in [4.78, 5) is 0. The maximum absolute atomic E-state index is 9.11. The van der Waals surface area contributed by atoms with Gasteiger partial charge < -0.3 is 5.73 Å². The second kappa shape index (κ2) is 3.22. The molecule has 2 aromatic carbocycles. The van der Waals surface area contributed by atoms with E-state index in [2.05, 4.69) is 6.07 Å². The quantitative estimate of drug-likeness (QED) is 0.594. The van der Waals surface area contributed by atoms with Gasteiger partial charge in [-0.1, -0.05) is 6.07 Å². The van der Waals surface area contributed by atoms with Gasteiger partial charge in [0.25, 0.3) is 0 Å². The molecule has 0 fully saturated rings. The monoisotopic (exact) mass is 224 g/mol. The van der Waals surface area contributed by atoms with E-state index in [1.165, 1.54) is 4.70 Å². The van der Waals surface area contributed by atoms with Crippen LogP contribution in [0.2, 0.25) is 0 Å². The molecule has 0 bridgehead atoms. The van der Waals surface area contributed by atoms with E-state index in [1.807, 2.05) is 36.4 Å². The number of fused-ring (bicyclic) bond motifs is 3. The second-order valence-electron chi connectivity index (χ2n) is 3.65. The highest BCUT2D eigenvalue weighted by molar-refractivity contribution is 7.25. The molecule has 0 unspecified atom stereocenters. The lowest BCUT2D eigenvalue weighted by Crippen LogP contribution is -1.82. The van der Waals surface area contributed by atoms with Crippen molar-refractivity contribution in [1.29, 1.82) is 5.26 Å². The van der Waals surface area contributed by atoms with Gasteiger partial charge in [0.15, 0.2) is 0 Å².